The fourth-order valence-corrected chi connectivity index (χ4v) is 1.87. The Kier molecular flexibility index (Phi) is 4.15. The van der Waals surface area contributed by atoms with E-state index in [1.807, 2.05) is 35.2 Å². The van der Waals surface area contributed by atoms with Crippen molar-refractivity contribution in [1.82, 2.24) is 4.90 Å². The summed E-state index contributed by atoms with van der Waals surface area (Å²) >= 11 is 4.86. The van der Waals surface area contributed by atoms with E-state index in [4.69, 9.17) is 18.0 Å². The summed E-state index contributed by atoms with van der Waals surface area (Å²) in [5.41, 5.74) is 6.30. The molecule has 96 valence electrons. The average molecular weight is 263 g/mol. The number of thiocarbonyl (C=S) groups is 1. The Hall–Kier alpha value is -1.62. The molecule has 0 atom stereocenters. The molecule has 0 unspecified atom stereocenters. The van der Waals surface area contributed by atoms with Crippen molar-refractivity contribution in [3.63, 3.8) is 0 Å². The Labute approximate surface area is 112 Å². The lowest BCUT2D eigenvalue weighted by Gasteiger charge is -2.22. The maximum absolute atomic E-state index is 12.1. The molecule has 0 spiro atoms. The van der Waals surface area contributed by atoms with Crippen LogP contribution in [0.15, 0.2) is 30.3 Å². The van der Waals surface area contributed by atoms with Crippen LogP contribution >= 0.6 is 12.2 Å². The van der Waals surface area contributed by atoms with Crippen molar-refractivity contribution in [3.05, 3.63) is 30.3 Å². The molecular formula is C13H17N3OS. The van der Waals surface area contributed by atoms with Crippen molar-refractivity contribution in [2.24, 2.45) is 5.73 Å². The summed E-state index contributed by atoms with van der Waals surface area (Å²) in [5, 5.41) is 2.89. The Morgan fingerprint density at radius 2 is 2.06 bits per heavy atom. The summed E-state index contributed by atoms with van der Waals surface area (Å²) in [6.45, 7) is 0.596. The predicted octanol–water partition coefficient (Wildman–Crippen LogP) is 2.36. The van der Waals surface area contributed by atoms with Crippen molar-refractivity contribution >= 4 is 28.9 Å². The minimum Gasteiger partial charge on any atom is -0.393 e. The summed E-state index contributed by atoms with van der Waals surface area (Å²) in [6.07, 6.45) is 2.72. The van der Waals surface area contributed by atoms with Gasteiger partial charge in [0.15, 0.2) is 0 Å². The minimum atomic E-state index is -0.0695. The topological polar surface area (TPSA) is 58.4 Å². The number of nitrogens with zero attached hydrogens (tertiary/aromatic N) is 1. The van der Waals surface area contributed by atoms with E-state index in [2.05, 4.69) is 5.32 Å². The number of amides is 2. The number of urea groups is 1. The van der Waals surface area contributed by atoms with Crippen LogP contribution in [0.3, 0.4) is 0 Å². The summed E-state index contributed by atoms with van der Waals surface area (Å²) in [6, 6.07) is 9.73. The van der Waals surface area contributed by atoms with Gasteiger partial charge in [0.25, 0.3) is 0 Å². The van der Waals surface area contributed by atoms with E-state index < -0.39 is 0 Å². The summed E-state index contributed by atoms with van der Waals surface area (Å²) in [4.78, 5) is 14.4. The second-order valence-corrected chi connectivity index (χ2v) is 4.96. The highest BCUT2D eigenvalue weighted by molar-refractivity contribution is 7.80. The van der Waals surface area contributed by atoms with Gasteiger partial charge in [0.05, 0.1) is 4.99 Å². The Morgan fingerprint density at radius 3 is 2.61 bits per heavy atom. The zero-order valence-electron chi connectivity index (χ0n) is 10.1. The number of anilines is 1. The molecule has 0 aliphatic heterocycles. The standard InChI is InChI=1S/C13H17N3OS/c14-12(18)8-9-16(11-6-7-11)13(17)15-10-4-2-1-3-5-10/h1-5,11H,6-9H2,(H2,14,18)(H,15,17). The molecule has 3 N–H and O–H groups in total. The highest BCUT2D eigenvalue weighted by atomic mass is 32.1. The summed E-state index contributed by atoms with van der Waals surface area (Å²) in [7, 11) is 0. The lowest BCUT2D eigenvalue weighted by molar-refractivity contribution is 0.210. The van der Waals surface area contributed by atoms with Crippen LogP contribution in [-0.4, -0.2) is 28.5 Å². The number of nitrogens with one attached hydrogen (secondary N) is 1. The third-order valence-corrected chi connectivity index (χ3v) is 3.08. The van der Waals surface area contributed by atoms with Crippen molar-refractivity contribution in [2.45, 2.75) is 25.3 Å². The van der Waals surface area contributed by atoms with Crippen LogP contribution in [0.5, 0.6) is 0 Å². The maximum atomic E-state index is 12.1. The van der Waals surface area contributed by atoms with Gasteiger partial charge in [-0.3, -0.25) is 0 Å². The van der Waals surface area contributed by atoms with Gasteiger partial charge in [-0.05, 0) is 25.0 Å². The molecule has 0 bridgehead atoms. The Morgan fingerprint density at radius 1 is 1.39 bits per heavy atom. The number of benzene rings is 1. The van der Waals surface area contributed by atoms with Gasteiger partial charge >= 0.3 is 6.03 Å². The molecular weight excluding hydrogens is 246 g/mol. The smallest absolute Gasteiger partial charge is 0.322 e. The van der Waals surface area contributed by atoms with E-state index in [0.29, 0.717) is 24.0 Å². The first-order valence-corrected chi connectivity index (χ1v) is 6.48. The van der Waals surface area contributed by atoms with Crippen LogP contribution in [0, 0.1) is 0 Å². The van der Waals surface area contributed by atoms with Crippen LogP contribution in [0.4, 0.5) is 10.5 Å². The van der Waals surface area contributed by atoms with E-state index in [1.54, 1.807) is 0 Å². The first-order chi connectivity index (χ1) is 8.66. The maximum Gasteiger partial charge on any atom is 0.322 e. The lowest BCUT2D eigenvalue weighted by atomic mass is 10.3. The van der Waals surface area contributed by atoms with Gasteiger partial charge < -0.3 is 16.0 Å². The molecule has 2 amide bonds. The lowest BCUT2D eigenvalue weighted by Crippen LogP contribution is -2.38. The molecule has 1 aliphatic rings. The van der Waals surface area contributed by atoms with Gasteiger partial charge in [-0.1, -0.05) is 30.4 Å². The number of carbonyl (C=O) groups is 1. The molecule has 1 aromatic carbocycles. The van der Waals surface area contributed by atoms with Crippen LogP contribution in [0.2, 0.25) is 0 Å². The molecule has 5 heteroatoms. The van der Waals surface area contributed by atoms with Gasteiger partial charge in [-0.25, -0.2) is 4.79 Å². The molecule has 0 aromatic heterocycles. The van der Waals surface area contributed by atoms with Gasteiger partial charge in [0, 0.05) is 24.7 Å². The second kappa shape index (κ2) is 5.82. The highest BCUT2D eigenvalue weighted by Gasteiger charge is 2.32. The second-order valence-electron chi connectivity index (χ2n) is 4.44. The molecule has 1 aliphatic carbocycles. The molecule has 0 heterocycles. The molecule has 4 nitrogen and oxygen atoms in total. The van der Waals surface area contributed by atoms with Crippen LogP contribution in [0.1, 0.15) is 19.3 Å². The van der Waals surface area contributed by atoms with Crippen LogP contribution < -0.4 is 11.1 Å². The first-order valence-electron chi connectivity index (χ1n) is 6.08. The van der Waals surface area contributed by atoms with E-state index in [1.165, 1.54) is 0 Å². The van der Waals surface area contributed by atoms with Crippen LogP contribution in [-0.2, 0) is 0 Å². The Balaban J connectivity index is 1.93. The summed E-state index contributed by atoms with van der Waals surface area (Å²) < 4.78 is 0. The van der Waals surface area contributed by atoms with Crippen molar-refractivity contribution in [1.29, 1.82) is 0 Å². The zero-order valence-corrected chi connectivity index (χ0v) is 11.0. The summed E-state index contributed by atoms with van der Waals surface area (Å²) in [5.74, 6) is 0. The number of carbonyl (C=O) groups excluding carboxylic acids is 1. The average Bonchev–Trinajstić information content (AvgIpc) is 3.14. The third-order valence-electron chi connectivity index (χ3n) is 2.87. The molecule has 0 radical (unpaired) electrons. The normalized spacial score (nSPS) is 14.0. The third kappa shape index (κ3) is 3.70. The quantitative estimate of drug-likeness (QED) is 0.802. The van der Waals surface area contributed by atoms with Gasteiger partial charge in [-0.15, -0.1) is 0 Å². The molecule has 1 fully saturated rings. The van der Waals surface area contributed by atoms with E-state index in [9.17, 15) is 4.79 Å². The van der Waals surface area contributed by atoms with Crippen molar-refractivity contribution in [3.8, 4) is 0 Å². The monoisotopic (exact) mass is 263 g/mol. The van der Waals surface area contributed by atoms with E-state index in [-0.39, 0.29) is 6.03 Å². The highest BCUT2D eigenvalue weighted by Crippen LogP contribution is 2.27. The van der Waals surface area contributed by atoms with Crippen molar-refractivity contribution in [2.75, 3.05) is 11.9 Å². The molecule has 0 saturated heterocycles. The minimum absolute atomic E-state index is 0.0695. The number of rotatable bonds is 5. The number of hydrogen-bond acceptors (Lipinski definition) is 2. The van der Waals surface area contributed by atoms with Gasteiger partial charge in [-0.2, -0.15) is 0 Å². The number of nitrogens with two attached hydrogens (primary N) is 1. The van der Waals surface area contributed by atoms with Crippen LogP contribution in [0.25, 0.3) is 0 Å². The first kappa shape index (κ1) is 12.8. The van der Waals surface area contributed by atoms with E-state index in [0.717, 1.165) is 18.5 Å². The molecule has 1 aromatic rings. The Bertz CT molecular complexity index is 431. The fraction of sp³-hybridized carbons (Fsp3) is 0.385. The number of para-hydroxylation sites is 1. The molecule has 2 rings (SSSR count). The SMILES string of the molecule is NC(=S)CCN(C(=O)Nc1ccccc1)C1CC1. The largest absolute Gasteiger partial charge is 0.393 e. The van der Waals surface area contributed by atoms with Gasteiger partial charge in [0.1, 0.15) is 0 Å². The predicted molar refractivity (Wildman–Crippen MR) is 76.6 cm³/mol. The van der Waals surface area contributed by atoms with E-state index >= 15 is 0 Å². The molecule has 18 heavy (non-hydrogen) atoms. The fourth-order valence-electron chi connectivity index (χ4n) is 1.78. The zero-order chi connectivity index (χ0) is 13.0. The van der Waals surface area contributed by atoms with Gasteiger partial charge in [0.2, 0.25) is 0 Å². The number of hydrogen-bond donors (Lipinski definition) is 2. The molecule has 1 saturated carbocycles. The van der Waals surface area contributed by atoms with Crippen molar-refractivity contribution < 1.29 is 4.79 Å².